The zero-order valence-corrected chi connectivity index (χ0v) is 5.32. The number of hydrogen-bond donors (Lipinski definition) is 0. The molecule has 0 aromatic heterocycles. The van der Waals surface area contributed by atoms with Gasteiger partial charge in [-0.1, -0.05) is 0 Å². The first-order valence-corrected chi connectivity index (χ1v) is 2.67. The van der Waals surface area contributed by atoms with Crippen LogP contribution < -0.4 is 0 Å². The highest BCUT2D eigenvalue weighted by molar-refractivity contribution is 14.1. The molecular weight excluding hydrogens is 220 g/mol. The van der Waals surface area contributed by atoms with Crippen LogP contribution in [0.25, 0.3) is 0 Å². The fourth-order valence-corrected chi connectivity index (χ4v) is 0.184. The molecular formula is C3H2F3I. The molecule has 0 radical (unpaired) electrons. The third-order valence-electron chi connectivity index (χ3n) is 0.313. The SMILES string of the molecule is FC=C(F)C(F)I. The largest absolute Gasteiger partial charge is 0.228 e. The second kappa shape index (κ2) is 3.29. The van der Waals surface area contributed by atoms with Crippen LogP contribution in [0.2, 0.25) is 0 Å². The maximum atomic E-state index is 11.4. The summed E-state index contributed by atoms with van der Waals surface area (Å²) in [6.07, 6.45) is -0.392. The minimum Gasteiger partial charge on any atom is -0.228 e. The van der Waals surface area contributed by atoms with E-state index in [0.29, 0.717) is 0 Å². The fourth-order valence-electron chi connectivity index (χ4n) is 0.0476. The van der Waals surface area contributed by atoms with Crippen LogP contribution >= 0.6 is 22.6 Å². The van der Waals surface area contributed by atoms with Crippen molar-refractivity contribution in [3.05, 3.63) is 12.2 Å². The van der Waals surface area contributed by atoms with Crippen LogP contribution in [-0.4, -0.2) is 4.18 Å². The summed E-state index contributed by atoms with van der Waals surface area (Å²) >= 11 is 1.12. The van der Waals surface area contributed by atoms with Crippen molar-refractivity contribution in [2.24, 2.45) is 0 Å². The Balaban J connectivity index is 3.56. The summed E-state index contributed by atoms with van der Waals surface area (Å²) in [6, 6.07) is 0. The van der Waals surface area contributed by atoms with Crippen LogP contribution in [-0.2, 0) is 0 Å². The third-order valence-corrected chi connectivity index (χ3v) is 0.908. The molecule has 0 aliphatic carbocycles. The molecule has 7 heavy (non-hydrogen) atoms. The maximum Gasteiger partial charge on any atom is 0.204 e. The lowest BCUT2D eigenvalue weighted by molar-refractivity contribution is 0.427. The standard InChI is InChI=1S/C3H2F3I/c4-1-2(5)3(6)7/h1,3H. The molecule has 0 bridgehead atoms. The monoisotopic (exact) mass is 222 g/mol. The van der Waals surface area contributed by atoms with E-state index in [1.54, 1.807) is 0 Å². The molecule has 0 heterocycles. The average Bonchev–Trinajstić information content (AvgIpc) is 1.65. The highest BCUT2D eigenvalue weighted by Gasteiger charge is 2.05. The molecule has 0 nitrogen and oxygen atoms in total. The summed E-state index contributed by atoms with van der Waals surface area (Å²) in [4.78, 5) is 0. The Bertz CT molecular complexity index is 78.2. The van der Waals surface area contributed by atoms with Gasteiger partial charge in [0.25, 0.3) is 0 Å². The molecule has 42 valence electrons. The summed E-state index contributed by atoms with van der Waals surface area (Å²) in [5.74, 6) is -1.37. The van der Waals surface area contributed by atoms with Gasteiger partial charge in [0.15, 0.2) is 5.83 Å². The first-order valence-electron chi connectivity index (χ1n) is 1.42. The van der Waals surface area contributed by atoms with Crippen LogP contribution in [0.15, 0.2) is 12.2 Å². The Kier molecular flexibility index (Phi) is 3.41. The van der Waals surface area contributed by atoms with E-state index in [1.807, 2.05) is 0 Å². The zero-order valence-electron chi connectivity index (χ0n) is 3.17. The molecule has 0 aliphatic rings. The van der Waals surface area contributed by atoms with Gasteiger partial charge in [0, 0.05) is 0 Å². The van der Waals surface area contributed by atoms with Crippen molar-refractivity contribution >= 4 is 22.6 Å². The zero-order chi connectivity index (χ0) is 5.86. The Hall–Kier alpha value is 0.260. The molecule has 1 atom stereocenters. The molecule has 0 aromatic rings. The molecule has 0 rings (SSSR count). The van der Waals surface area contributed by atoms with Crippen LogP contribution in [0.3, 0.4) is 0 Å². The van der Waals surface area contributed by atoms with Crippen molar-refractivity contribution < 1.29 is 13.2 Å². The van der Waals surface area contributed by atoms with Gasteiger partial charge in [-0.05, 0) is 22.6 Å². The Morgan fingerprint density at radius 2 is 2.14 bits per heavy atom. The lowest BCUT2D eigenvalue weighted by atomic mass is 10.7. The topological polar surface area (TPSA) is 0 Å². The van der Waals surface area contributed by atoms with Crippen LogP contribution in [0, 0.1) is 0 Å². The van der Waals surface area contributed by atoms with Gasteiger partial charge in [0.2, 0.25) is 4.18 Å². The van der Waals surface area contributed by atoms with Gasteiger partial charge in [-0.15, -0.1) is 0 Å². The van der Waals surface area contributed by atoms with Crippen molar-refractivity contribution in [1.29, 1.82) is 0 Å². The van der Waals surface area contributed by atoms with E-state index in [1.165, 1.54) is 0 Å². The summed E-state index contributed by atoms with van der Waals surface area (Å²) in [7, 11) is 0. The van der Waals surface area contributed by atoms with Crippen LogP contribution in [0.4, 0.5) is 13.2 Å². The highest BCUT2D eigenvalue weighted by Crippen LogP contribution is 2.14. The van der Waals surface area contributed by atoms with E-state index in [2.05, 4.69) is 0 Å². The quantitative estimate of drug-likeness (QED) is 0.472. The van der Waals surface area contributed by atoms with Gasteiger partial charge < -0.3 is 0 Å². The van der Waals surface area contributed by atoms with Gasteiger partial charge in [-0.25, -0.2) is 13.2 Å². The molecule has 0 spiro atoms. The third kappa shape index (κ3) is 2.90. The van der Waals surface area contributed by atoms with Gasteiger partial charge in [-0.3, -0.25) is 0 Å². The average molecular weight is 222 g/mol. The summed E-state index contributed by atoms with van der Waals surface area (Å²) < 4.78 is 31.8. The fraction of sp³-hybridized carbons (Fsp3) is 0.333. The number of alkyl halides is 2. The first-order chi connectivity index (χ1) is 3.18. The van der Waals surface area contributed by atoms with Gasteiger partial charge in [0.05, 0.1) is 0 Å². The molecule has 4 heteroatoms. The lowest BCUT2D eigenvalue weighted by Gasteiger charge is -1.87. The predicted octanol–water partition coefficient (Wildman–Crippen LogP) is 2.50. The number of hydrogen-bond acceptors (Lipinski definition) is 0. The van der Waals surface area contributed by atoms with Crippen molar-refractivity contribution in [1.82, 2.24) is 0 Å². The van der Waals surface area contributed by atoms with E-state index in [0.717, 1.165) is 22.6 Å². The van der Waals surface area contributed by atoms with Crippen LogP contribution in [0.5, 0.6) is 0 Å². The van der Waals surface area contributed by atoms with E-state index < -0.39 is 16.3 Å². The van der Waals surface area contributed by atoms with Crippen molar-refractivity contribution in [2.45, 2.75) is 4.18 Å². The van der Waals surface area contributed by atoms with Crippen LogP contribution in [0.1, 0.15) is 0 Å². The number of rotatable bonds is 1. The molecule has 1 unspecified atom stereocenters. The predicted molar refractivity (Wildman–Crippen MR) is 29.2 cm³/mol. The second-order valence-corrected chi connectivity index (χ2v) is 1.89. The molecule has 0 saturated carbocycles. The molecule has 0 amide bonds. The molecule has 0 aromatic carbocycles. The minimum atomic E-state index is -1.84. The van der Waals surface area contributed by atoms with Crippen molar-refractivity contribution in [3.8, 4) is 0 Å². The Labute approximate surface area is 52.5 Å². The maximum absolute atomic E-state index is 11.4. The van der Waals surface area contributed by atoms with E-state index in [9.17, 15) is 13.2 Å². The number of halogens is 4. The van der Waals surface area contributed by atoms with Gasteiger partial charge in [-0.2, -0.15) is 0 Å². The lowest BCUT2D eigenvalue weighted by Crippen LogP contribution is -1.83. The van der Waals surface area contributed by atoms with E-state index in [4.69, 9.17) is 0 Å². The Morgan fingerprint density at radius 1 is 1.71 bits per heavy atom. The number of allylic oxidation sites excluding steroid dienone is 1. The first kappa shape index (κ1) is 7.26. The smallest absolute Gasteiger partial charge is 0.204 e. The van der Waals surface area contributed by atoms with E-state index >= 15 is 0 Å². The molecule has 0 fully saturated rings. The molecule has 0 N–H and O–H groups in total. The molecule has 0 aliphatic heterocycles. The van der Waals surface area contributed by atoms with E-state index in [-0.39, 0.29) is 0 Å². The highest BCUT2D eigenvalue weighted by atomic mass is 127. The van der Waals surface area contributed by atoms with Gasteiger partial charge >= 0.3 is 0 Å². The minimum absolute atomic E-state index is 0.392. The Morgan fingerprint density at radius 3 is 2.14 bits per heavy atom. The second-order valence-electron chi connectivity index (χ2n) is 0.795. The summed E-state index contributed by atoms with van der Waals surface area (Å²) in [5.41, 5.74) is 0. The normalized spacial score (nSPS) is 16.9. The van der Waals surface area contributed by atoms with Crippen molar-refractivity contribution in [2.75, 3.05) is 0 Å². The molecule has 0 saturated heterocycles. The van der Waals surface area contributed by atoms with Crippen molar-refractivity contribution in [3.63, 3.8) is 0 Å². The summed E-state index contributed by atoms with van der Waals surface area (Å²) in [5, 5.41) is 0. The van der Waals surface area contributed by atoms with Gasteiger partial charge in [0.1, 0.15) is 6.33 Å². The summed E-state index contributed by atoms with van der Waals surface area (Å²) in [6.45, 7) is 0.